The first-order chi connectivity index (χ1) is 12.4. The summed E-state index contributed by atoms with van der Waals surface area (Å²) in [6, 6.07) is 10.2. The summed E-state index contributed by atoms with van der Waals surface area (Å²) < 4.78 is 32.7. The van der Waals surface area contributed by atoms with Crippen molar-refractivity contribution in [1.29, 1.82) is 0 Å². The molecule has 134 valence electrons. The maximum Gasteiger partial charge on any atom is 0.277 e. The number of amides is 1. The van der Waals surface area contributed by atoms with Crippen molar-refractivity contribution in [3.8, 4) is 11.5 Å². The molecule has 0 fully saturated rings. The second-order valence-electron chi connectivity index (χ2n) is 5.23. The van der Waals surface area contributed by atoms with E-state index in [0.29, 0.717) is 10.6 Å². The number of rotatable bonds is 5. The first-order valence-electron chi connectivity index (χ1n) is 7.45. The molecule has 0 aliphatic carbocycles. The lowest BCUT2D eigenvalue weighted by atomic mass is 10.2. The van der Waals surface area contributed by atoms with E-state index in [1.807, 2.05) is 0 Å². The number of halogens is 3. The second kappa shape index (κ2) is 7.84. The predicted molar refractivity (Wildman–Crippen MR) is 95.1 cm³/mol. The molecule has 3 rings (SSSR count). The molecule has 0 aliphatic heterocycles. The highest BCUT2D eigenvalue weighted by molar-refractivity contribution is 8.00. The van der Waals surface area contributed by atoms with Crippen LogP contribution in [0.25, 0.3) is 11.5 Å². The predicted octanol–water partition coefficient (Wildman–Crippen LogP) is 4.79. The molecule has 1 aromatic heterocycles. The molecule has 0 saturated carbocycles. The van der Waals surface area contributed by atoms with Gasteiger partial charge in [-0.05, 0) is 37.3 Å². The Balaban J connectivity index is 1.68. The van der Waals surface area contributed by atoms with Crippen molar-refractivity contribution in [2.45, 2.75) is 17.4 Å². The minimum absolute atomic E-state index is 0.150. The van der Waals surface area contributed by atoms with Gasteiger partial charge in [0.25, 0.3) is 5.22 Å². The van der Waals surface area contributed by atoms with Gasteiger partial charge in [-0.25, -0.2) is 8.78 Å². The molecular formula is C17H12ClF2N3O2S. The lowest BCUT2D eigenvalue weighted by Gasteiger charge is -2.11. The summed E-state index contributed by atoms with van der Waals surface area (Å²) >= 11 is 6.89. The molecule has 5 nitrogen and oxygen atoms in total. The third kappa shape index (κ3) is 4.20. The van der Waals surface area contributed by atoms with Crippen LogP contribution in [-0.2, 0) is 4.79 Å². The monoisotopic (exact) mass is 395 g/mol. The van der Waals surface area contributed by atoms with Gasteiger partial charge in [0.05, 0.1) is 5.25 Å². The van der Waals surface area contributed by atoms with Gasteiger partial charge in [-0.3, -0.25) is 4.79 Å². The fourth-order valence-corrected chi connectivity index (χ4v) is 2.92. The number of para-hydroxylation sites is 1. The average molecular weight is 396 g/mol. The number of nitrogens with one attached hydrogen (secondary N) is 1. The van der Waals surface area contributed by atoms with Crippen molar-refractivity contribution in [1.82, 2.24) is 10.2 Å². The van der Waals surface area contributed by atoms with E-state index in [0.717, 1.165) is 23.9 Å². The number of nitrogens with zero attached hydrogens (tertiary/aromatic N) is 2. The van der Waals surface area contributed by atoms with Gasteiger partial charge in [-0.15, -0.1) is 10.2 Å². The van der Waals surface area contributed by atoms with E-state index in [-0.39, 0.29) is 11.1 Å². The van der Waals surface area contributed by atoms with E-state index in [1.165, 1.54) is 6.07 Å². The molecule has 1 N–H and O–H groups in total. The highest BCUT2D eigenvalue weighted by atomic mass is 35.5. The minimum atomic E-state index is -0.850. The van der Waals surface area contributed by atoms with Gasteiger partial charge < -0.3 is 9.73 Å². The Hall–Kier alpha value is -2.45. The van der Waals surface area contributed by atoms with E-state index >= 15 is 0 Å². The van der Waals surface area contributed by atoms with E-state index < -0.39 is 28.5 Å². The van der Waals surface area contributed by atoms with Gasteiger partial charge in [0.2, 0.25) is 11.8 Å². The molecule has 0 bridgehead atoms. The Morgan fingerprint density at radius 1 is 1.19 bits per heavy atom. The van der Waals surface area contributed by atoms with Crippen LogP contribution in [0.1, 0.15) is 6.92 Å². The molecule has 9 heteroatoms. The zero-order valence-corrected chi connectivity index (χ0v) is 14.9. The van der Waals surface area contributed by atoms with Gasteiger partial charge in [0, 0.05) is 10.6 Å². The number of hydrogen-bond acceptors (Lipinski definition) is 5. The van der Waals surface area contributed by atoms with Crippen LogP contribution in [0, 0.1) is 11.6 Å². The van der Waals surface area contributed by atoms with Crippen molar-refractivity contribution >= 4 is 35.0 Å². The van der Waals surface area contributed by atoms with Crippen LogP contribution in [0.2, 0.25) is 5.02 Å². The van der Waals surface area contributed by atoms with Gasteiger partial charge >= 0.3 is 0 Å². The molecule has 2 aromatic carbocycles. The maximum absolute atomic E-state index is 13.6. The van der Waals surface area contributed by atoms with Crippen LogP contribution in [0.3, 0.4) is 0 Å². The lowest BCUT2D eigenvalue weighted by molar-refractivity contribution is -0.115. The largest absolute Gasteiger partial charge is 0.411 e. The van der Waals surface area contributed by atoms with Gasteiger partial charge in [0.1, 0.15) is 17.3 Å². The molecule has 0 spiro atoms. The van der Waals surface area contributed by atoms with Gasteiger partial charge in [-0.1, -0.05) is 35.5 Å². The fourth-order valence-electron chi connectivity index (χ4n) is 2.04. The quantitative estimate of drug-likeness (QED) is 0.629. The molecule has 0 radical (unpaired) electrons. The Kier molecular flexibility index (Phi) is 5.53. The van der Waals surface area contributed by atoms with Crippen molar-refractivity contribution in [3.05, 3.63) is 59.1 Å². The zero-order valence-electron chi connectivity index (χ0n) is 13.4. The number of anilines is 1. The molecule has 1 heterocycles. The molecule has 1 atom stereocenters. The SMILES string of the molecule is C[C@H](Sc1nnc(-c2cccc(Cl)c2)o1)C(=O)Nc1c(F)cccc1F. The average Bonchev–Trinajstić information content (AvgIpc) is 3.06. The standard InChI is InChI=1S/C17H12ClF2N3O2S/c1-9(15(24)21-14-12(19)6-3-7-13(14)20)26-17-23-22-16(25-17)10-4-2-5-11(18)8-10/h2-9H,1H3,(H,21,24)/t9-/m0/s1. The van der Waals surface area contributed by atoms with Crippen LogP contribution < -0.4 is 5.32 Å². The molecule has 1 amide bonds. The Bertz CT molecular complexity index is 931. The fraction of sp³-hybridized carbons (Fsp3) is 0.118. The summed E-state index contributed by atoms with van der Waals surface area (Å²) in [7, 11) is 0. The first-order valence-corrected chi connectivity index (χ1v) is 8.71. The van der Waals surface area contributed by atoms with E-state index in [4.69, 9.17) is 16.0 Å². The van der Waals surface area contributed by atoms with E-state index in [1.54, 1.807) is 31.2 Å². The summed E-state index contributed by atoms with van der Waals surface area (Å²) in [5, 5.41) is 9.95. The summed E-state index contributed by atoms with van der Waals surface area (Å²) in [5.41, 5.74) is 0.150. The van der Waals surface area contributed by atoms with Crippen molar-refractivity contribution in [2.75, 3.05) is 5.32 Å². The molecule has 3 aromatic rings. The number of carbonyl (C=O) groups excluding carboxylic acids is 1. The summed E-state index contributed by atoms with van der Waals surface area (Å²) in [4.78, 5) is 12.2. The number of hydrogen-bond donors (Lipinski definition) is 1. The normalized spacial score (nSPS) is 12.0. The number of thioether (sulfide) groups is 1. The highest BCUT2D eigenvalue weighted by Gasteiger charge is 2.21. The van der Waals surface area contributed by atoms with Crippen LogP contribution in [0.4, 0.5) is 14.5 Å². The van der Waals surface area contributed by atoms with Crippen LogP contribution in [0.5, 0.6) is 0 Å². The number of aromatic nitrogens is 2. The van der Waals surface area contributed by atoms with Crippen molar-refractivity contribution in [2.24, 2.45) is 0 Å². The summed E-state index contributed by atoms with van der Waals surface area (Å²) in [6.45, 7) is 1.56. The molecular weight excluding hydrogens is 384 g/mol. The molecule has 0 saturated heterocycles. The van der Waals surface area contributed by atoms with Gasteiger partial charge in [0.15, 0.2) is 0 Å². The van der Waals surface area contributed by atoms with Crippen LogP contribution >= 0.6 is 23.4 Å². The summed E-state index contributed by atoms with van der Waals surface area (Å²) in [6.07, 6.45) is 0. The Labute approximate surface area is 156 Å². The third-order valence-electron chi connectivity index (χ3n) is 3.34. The minimum Gasteiger partial charge on any atom is -0.411 e. The molecule has 0 aliphatic rings. The maximum atomic E-state index is 13.6. The zero-order chi connectivity index (χ0) is 18.7. The molecule has 26 heavy (non-hydrogen) atoms. The van der Waals surface area contributed by atoms with E-state index in [9.17, 15) is 13.6 Å². The van der Waals surface area contributed by atoms with Crippen LogP contribution in [-0.4, -0.2) is 21.4 Å². The van der Waals surface area contributed by atoms with Crippen molar-refractivity contribution < 1.29 is 18.0 Å². The third-order valence-corrected chi connectivity index (χ3v) is 4.51. The lowest BCUT2D eigenvalue weighted by Crippen LogP contribution is -2.23. The van der Waals surface area contributed by atoms with Crippen molar-refractivity contribution in [3.63, 3.8) is 0 Å². The van der Waals surface area contributed by atoms with E-state index in [2.05, 4.69) is 15.5 Å². The molecule has 0 unspecified atom stereocenters. The Morgan fingerprint density at radius 3 is 2.58 bits per heavy atom. The topological polar surface area (TPSA) is 68.0 Å². The second-order valence-corrected chi connectivity index (χ2v) is 6.96. The summed E-state index contributed by atoms with van der Waals surface area (Å²) in [5.74, 6) is -2.04. The Morgan fingerprint density at radius 2 is 1.88 bits per heavy atom. The van der Waals surface area contributed by atoms with Crippen LogP contribution in [0.15, 0.2) is 52.1 Å². The van der Waals surface area contributed by atoms with Gasteiger partial charge in [-0.2, -0.15) is 0 Å². The number of benzene rings is 2. The number of carbonyl (C=O) groups is 1. The first kappa shape index (κ1) is 18.3. The highest BCUT2D eigenvalue weighted by Crippen LogP contribution is 2.28. The smallest absolute Gasteiger partial charge is 0.277 e.